The second-order valence-corrected chi connectivity index (χ2v) is 6.62. The van der Waals surface area contributed by atoms with E-state index in [0.717, 1.165) is 38.0 Å². The number of aromatic amines is 1. The fourth-order valence-electron chi connectivity index (χ4n) is 2.31. The minimum absolute atomic E-state index is 0.672. The molecule has 0 saturated carbocycles. The van der Waals surface area contributed by atoms with Crippen LogP contribution in [0.3, 0.4) is 0 Å². The maximum absolute atomic E-state index is 5.48. The SMILES string of the molecule is CCn1nc(C)c2[nH]c(=S)n(-c3ccc(Br)cc3Br)c21. The Morgan fingerprint density at radius 3 is 2.75 bits per heavy atom. The van der Waals surface area contributed by atoms with Crippen molar-refractivity contribution in [3.05, 3.63) is 37.6 Å². The zero-order valence-electron chi connectivity index (χ0n) is 10.9. The van der Waals surface area contributed by atoms with Gasteiger partial charge in [0.15, 0.2) is 10.4 Å². The van der Waals surface area contributed by atoms with Crippen LogP contribution in [0.4, 0.5) is 0 Å². The topological polar surface area (TPSA) is 38.5 Å². The lowest BCUT2D eigenvalue weighted by Crippen LogP contribution is -2.04. The molecule has 0 aliphatic rings. The second-order valence-electron chi connectivity index (χ2n) is 4.46. The van der Waals surface area contributed by atoms with Crippen LogP contribution in [0, 0.1) is 11.7 Å². The van der Waals surface area contributed by atoms with E-state index in [-0.39, 0.29) is 0 Å². The molecule has 2 aromatic heterocycles. The third-order valence-corrected chi connectivity index (χ3v) is 4.61. The highest BCUT2D eigenvalue weighted by Gasteiger charge is 2.16. The quantitative estimate of drug-likeness (QED) is 0.614. The zero-order valence-corrected chi connectivity index (χ0v) is 14.9. The normalized spacial score (nSPS) is 11.4. The lowest BCUT2D eigenvalue weighted by molar-refractivity contribution is 0.661. The lowest BCUT2D eigenvalue weighted by Gasteiger charge is -2.08. The van der Waals surface area contributed by atoms with Gasteiger partial charge in [0.1, 0.15) is 5.52 Å². The van der Waals surface area contributed by atoms with Gasteiger partial charge in [0.25, 0.3) is 0 Å². The minimum Gasteiger partial charge on any atom is -0.327 e. The summed E-state index contributed by atoms with van der Waals surface area (Å²) in [4.78, 5) is 3.25. The monoisotopic (exact) mass is 414 g/mol. The molecule has 0 unspecified atom stereocenters. The van der Waals surface area contributed by atoms with E-state index in [2.05, 4.69) is 48.9 Å². The third-order valence-electron chi connectivity index (χ3n) is 3.20. The number of rotatable bonds is 2. The first-order chi connectivity index (χ1) is 9.52. The van der Waals surface area contributed by atoms with Crippen molar-refractivity contribution in [1.82, 2.24) is 19.3 Å². The molecule has 1 N–H and O–H groups in total. The number of benzene rings is 1. The van der Waals surface area contributed by atoms with Gasteiger partial charge in [0.05, 0.1) is 11.4 Å². The van der Waals surface area contributed by atoms with Crippen molar-refractivity contribution in [1.29, 1.82) is 0 Å². The van der Waals surface area contributed by atoms with Crippen LogP contribution in [0.1, 0.15) is 12.6 Å². The Labute approximate surface area is 138 Å². The molecule has 2 heterocycles. The molecule has 0 saturated heterocycles. The van der Waals surface area contributed by atoms with Crippen molar-refractivity contribution in [2.45, 2.75) is 20.4 Å². The van der Waals surface area contributed by atoms with Crippen LogP contribution < -0.4 is 0 Å². The highest BCUT2D eigenvalue weighted by atomic mass is 79.9. The van der Waals surface area contributed by atoms with E-state index in [1.54, 1.807) is 0 Å². The van der Waals surface area contributed by atoms with E-state index in [4.69, 9.17) is 12.2 Å². The average molecular weight is 416 g/mol. The zero-order chi connectivity index (χ0) is 14.4. The third kappa shape index (κ3) is 2.08. The summed E-state index contributed by atoms with van der Waals surface area (Å²) in [5.41, 5.74) is 3.95. The molecule has 3 rings (SSSR count). The predicted octanol–water partition coefficient (Wildman–Crippen LogP) is 4.74. The molecule has 0 spiro atoms. The van der Waals surface area contributed by atoms with Gasteiger partial charge in [-0.15, -0.1) is 0 Å². The Balaban J connectivity index is 2.41. The summed E-state index contributed by atoms with van der Waals surface area (Å²) in [7, 11) is 0. The molecule has 0 bridgehead atoms. The summed E-state index contributed by atoms with van der Waals surface area (Å²) in [6.07, 6.45) is 0. The first-order valence-electron chi connectivity index (χ1n) is 6.16. The predicted molar refractivity (Wildman–Crippen MR) is 90.1 cm³/mol. The van der Waals surface area contributed by atoms with Gasteiger partial charge < -0.3 is 4.98 Å². The highest BCUT2D eigenvalue weighted by Crippen LogP contribution is 2.29. The number of H-pyrrole nitrogens is 1. The molecule has 0 fully saturated rings. The smallest absolute Gasteiger partial charge is 0.184 e. The maximum Gasteiger partial charge on any atom is 0.184 e. The van der Waals surface area contributed by atoms with E-state index in [1.807, 2.05) is 34.4 Å². The maximum atomic E-state index is 5.48. The number of aryl methyl sites for hydroxylation is 2. The van der Waals surface area contributed by atoms with Gasteiger partial charge in [-0.2, -0.15) is 5.10 Å². The van der Waals surface area contributed by atoms with Crippen molar-refractivity contribution < 1.29 is 0 Å². The summed E-state index contributed by atoms with van der Waals surface area (Å²) in [6, 6.07) is 6.04. The van der Waals surface area contributed by atoms with Crippen molar-refractivity contribution >= 4 is 55.2 Å². The van der Waals surface area contributed by atoms with Gasteiger partial charge >= 0.3 is 0 Å². The molecule has 7 heteroatoms. The molecule has 0 atom stereocenters. The molecule has 0 aliphatic carbocycles. The largest absolute Gasteiger partial charge is 0.327 e. The van der Waals surface area contributed by atoms with Gasteiger partial charge in [-0.3, -0.25) is 4.57 Å². The Kier molecular flexibility index (Phi) is 3.60. The molecule has 4 nitrogen and oxygen atoms in total. The minimum atomic E-state index is 0.672. The van der Waals surface area contributed by atoms with Crippen LogP contribution in [-0.4, -0.2) is 19.3 Å². The van der Waals surface area contributed by atoms with Crippen LogP contribution in [0.15, 0.2) is 27.1 Å². The van der Waals surface area contributed by atoms with Crippen LogP contribution in [0.25, 0.3) is 16.9 Å². The van der Waals surface area contributed by atoms with E-state index >= 15 is 0 Å². The molecule has 20 heavy (non-hydrogen) atoms. The summed E-state index contributed by atoms with van der Waals surface area (Å²) < 4.78 is 6.65. The Bertz CT molecular complexity index is 859. The first kappa shape index (κ1) is 14.0. The summed E-state index contributed by atoms with van der Waals surface area (Å²) in [5.74, 6) is 0. The second kappa shape index (κ2) is 5.13. The summed E-state index contributed by atoms with van der Waals surface area (Å²) >= 11 is 12.6. The highest BCUT2D eigenvalue weighted by molar-refractivity contribution is 9.11. The average Bonchev–Trinajstić information content (AvgIpc) is 2.88. The van der Waals surface area contributed by atoms with Gasteiger partial charge in [0.2, 0.25) is 0 Å². The molecule has 0 amide bonds. The van der Waals surface area contributed by atoms with Crippen molar-refractivity contribution in [2.75, 3.05) is 0 Å². The number of fused-ring (bicyclic) bond motifs is 1. The summed E-state index contributed by atoms with van der Waals surface area (Å²) in [6.45, 7) is 4.86. The molecule has 3 aromatic rings. The van der Waals surface area contributed by atoms with Gasteiger partial charge in [-0.1, -0.05) is 15.9 Å². The van der Waals surface area contributed by atoms with Crippen LogP contribution in [0.2, 0.25) is 0 Å². The molecule has 104 valence electrons. The fraction of sp³-hybridized carbons (Fsp3) is 0.231. The Morgan fingerprint density at radius 2 is 2.10 bits per heavy atom. The number of nitrogens with one attached hydrogen (secondary N) is 1. The van der Waals surface area contributed by atoms with Crippen LogP contribution in [0.5, 0.6) is 0 Å². The molecular formula is C13H12Br2N4S. The van der Waals surface area contributed by atoms with Crippen molar-refractivity contribution in [2.24, 2.45) is 0 Å². The Hall–Kier alpha value is -0.920. The number of hydrogen-bond donors (Lipinski definition) is 1. The van der Waals surface area contributed by atoms with Gasteiger partial charge in [0, 0.05) is 15.5 Å². The molecule has 0 aliphatic heterocycles. The van der Waals surface area contributed by atoms with E-state index in [1.165, 1.54) is 0 Å². The number of halogens is 2. The number of nitrogens with zero attached hydrogens (tertiary/aromatic N) is 3. The number of aromatic nitrogens is 4. The number of imidazole rings is 1. The van der Waals surface area contributed by atoms with E-state index in [9.17, 15) is 0 Å². The molecule has 0 radical (unpaired) electrons. The van der Waals surface area contributed by atoms with E-state index in [0.29, 0.717) is 4.77 Å². The Morgan fingerprint density at radius 1 is 1.35 bits per heavy atom. The van der Waals surface area contributed by atoms with Crippen LogP contribution >= 0.6 is 44.1 Å². The molecular weight excluding hydrogens is 404 g/mol. The summed E-state index contributed by atoms with van der Waals surface area (Å²) in [5, 5.41) is 4.54. The van der Waals surface area contributed by atoms with Gasteiger partial charge in [-0.05, 0) is 60.2 Å². The van der Waals surface area contributed by atoms with Crippen molar-refractivity contribution in [3.63, 3.8) is 0 Å². The lowest BCUT2D eigenvalue weighted by atomic mass is 10.3. The number of hydrogen-bond acceptors (Lipinski definition) is 2. The standard InChI is InChI=1S/C13H12Br2N4S/c1-3-18-12-11(7(2)17-18)16-13(20)19(12)10-5-4-8(14)6-9(10)15/h4-6H,3H2,1-2H3,(H,16,20). The van der Waals surface area contributed by atoms with Gasteiger partial charge in [-0.25, -0.2) is 4.68 Å². The fourth-order valence-corrected chi connectivity index (χ4v) is 3.82. The van der Waals surface area contributed by atoms with E-state index < -0.39 is 0 Å². The van der Waals surface area contributed by atoms with Crippen LogP contribution in [-0.2, 0) is 6.54 Å². The molecule has 1 aromatic carbocycles. The first-order valence-corrected chi connectivity index (χ1v) is 8.16. The van der Waals surface area contributed by atoms with Crippen molar-refractivity contribution in [3.8, 4) is 5.69 Å².